The lowest BCUT2D eigenvalue weighted by Gasteiger charge is -2.64. The fourth-order valence-electron chi connectivity index (χ4n) is 4.16. The summed E-state index contributed by atoms with van der Waals surface area (Å²) >= 11 is 0. The maximum atomic E-state index is 13.3. The molecular formula is C14H25F. The molecule has 1 heteroatoms. The Bertz CT molecular complexity index is 249. The summed E-state index contributed by atoms with van der Waals surface area (Å²) in [5, 5.41) is 0. The Labute approximate surface area is 93.6 Å². The van der Waals surface area contributed by atoms with Crippen LogP contribution in [0.25, 0.3) is 0 Å². The van der Waals surface area contributed by atoms with Gasteiger partial charge in [-0.2, -0.15) is 0 Å². The number of halogens is 1. The van der Waals surface area contributed by atoms with Crippen LogP contribution in [0.5, 0.6) is 0 Å². The van der Waals surface area contributed by atoms with E-state index in [0.29, 0.717) is 23.2 Å². The van der Waals surface area contributed by atoms with Gasteiger partial charge in [0, 0.05) is 0 Å². The normalized spacial score (nSPS) is 43.6. The average Bonchev–Trinajstić information content (AvgIpc) is 2.14. The summed E-state index contributed by atoms with van der Waals surface area (Å²) in [5.74, 6) is 2.42. The first-order valence-corrected chi connectivity index (χ1v) is 6.34. The molecule has 3 aliphatic rings. The minimum absolute atomic E-state index is 0.108. The molecular weight excluding hydrogens is 187 g/mol. The number of hydrogen-bond acceptors (Lipinski definition) is 0. The maximum absolute atomic E-state index is 13.3. The van der Waals surface area contributed by atoms with Gasteiger partial charge in [0.15, 0.2) is 0 Å². The largest absolute Gasteiger partial charge is 0.251 e. The van der Waals surface area contributed by atoms with Gasteiger partial charge in [-0.25, -0.2) is 0 Å². The van der Waals surface area contributed by atoms with Crippen LogP contribution in [-0.4, -0.2) is 6.67 Å². The Hall–Kier alpha value is -0.0700. The first-order chi connectivity index (χ1) is 6.78. The number of fused-ring (bicyclic) bond motifs is 2. The second-order valence-corrected chi connectivity index (χ2v) is 7.39. The predicted molar refractivity (Wildman–Crippen MR) is 62.4 cm³/mol. The highest BCUT2D eigenvalue weighted by molar-refractivity contribution is 5.07. The van der Waals surface area contributed by atoms with Gasteiger partial charge in [-0.15, -0.1) is 0 Å². The Morgan fingerprint density at radius 3 is 2.20 bits per heavy atom. The van der Waals surface area contributed by atoms with E-state index < -0.39 is 0 Å². The highest BCUT2D eigenvalue weighted by Crippen LogP contribution is 2.65. The van der Waals surface area contributed by atoms with Crippen LogP contribution < -0.4 is 0 Å². The molecule has 0 aromatic rings. The molecule has 88 valence electrons. The molecule has 0 heterocycles. The molecule has 4 atom stereocenters. The van der Waals surface area contributed by atoms with E-state index in [1.807, 2.05) is 0 Å². The Kier molecular flexibility index (Phi) is 2.44. The van der Waals surface area contributed by atoms with Crippen molar-refractivity contribution in [1.82, 2.24) is 0 Å². The van der Waals surface area contributed by atoms with E-state index in [2.05, 4.69) is 34.6 Å². The molecule has 0 amide bonds. The van der Waals surface area contributed by atoms with E-state index in [9.17, 15) is 4.39 Å². The van der Waals surface area contributed by atoms with Crippen LogP contribution in [0.15, 0.2) is 0 Å². The first-order valence-electron chi connectivity index (χ1n) is 6.34. The molecule has 3 aliphatic carbocycles. The van der Waals surface area contributed by atoms with Crippen molar-refractivity contribution in [2.75, 3.05) is 6.67 Å². The topological polar surface area (TPSA) is 0 Å². The lowest BCUT2D eigenvalue weighted by atomic mass is 9.41. The summed E-state index contributed by atoms with van der Waals surface area (Å²) in [6, 6.07) is 0. The van der Waals surface area contributed by atoms with E-state index in [1.54, 1.807) is 0 Å². The maximum Gasteiger partial charge on any atom is 0.0928 e. The van der Waals surface area contributed by atoms with Gasteiger partial charge in [-0.3, -0.25) is 4.39 Å². The number of hydrogen-bond donors (Lipinski definition) is 0. The van der Waals surface area contributed by atoms with Gasteiger partial charge < -0.3 is 0 Å². The minimum Gasteiger partial charge on any atom is -0.251 e. The van der Waals surface area contributed by atoms with Crippen molar-refractivity contribution in [3.05, 3.63) is 0 Å². The Morgan fingerprint density at radius 2 is 1.80 bits per heavy atom. The van der Waals surface area contributed by atoms with Crippen molar-refractivity contribution in [3.63, 3.8) is 0 Å². The van der Waals surface area contributed by atoms with Crippen molar-refractivity contribution in [2.45, 2.75) is 47.5 Å². The van der Waals surface area contributed by atoms with Gasteiger partial charge in [0.25, 0.3) is 0 Å². The lowest BCUT2D eigenvalue weighted by molar-refractivity contribution is -0.161. The zero-order valence-electron chi connectivity index (χ0n) is 10.8. The van der Waals surface area contributed by atoms with E-state index in [-0.39, 0.29) is 12.1 Å². The molecule has 0 aromatic heterocycles. The summed E-state index contributed by atoms with van der Waals surface area (Å²) in [7, 11) is 0. The second kappa shape index (κ2) is 3.21. The van der Waals surface area contributed by atoms with E-state index in [1.165, 1.54) is 12.8 Å². The highest BCUT2D eigenvalue weighted by Gasteiger charge is 2.59. The molecule has 0 spiro atoms. The van der Waals surface area contributed by atoms with Gasteiger partial charge in [0.1, 0.15) is 0 Å². The third-order valence-electron chi connectivity index (χ3n) is 5.41. The fraction of sp³-hybridized carbons (Fsp3) is 1.00. The minimum atomic E-state index is -0.108. The van der Waals surface area contributed by atoms with Crippen molar-refractivity contribution in [1.29, 1.82) is 0 Å². The SMILES string of the molecule is CC(C)(C)C1CC2CC(C1CF)C2(C)C. The van der Waals surface area contributed by atoms with Crippen molar-refractivity contribution >= 4 is 0 Å². The summed E-state index contributed by atoms with van der Waals surface area (Å²) in [5.41, 5.74) is 0.697. The highest BCUT2D eigenvalue weighted by atomic mass is 19.1. The molecule has 0 aliphatic heterocycles. The Morgan fingerprint density at radius 1 is 1.20 bits per heavy atom. The van der Waals surface area contributed by atoms with Crippen LogP contribution >= 0.6 is 0 Å². The van der Waals surface area contributed by atoms with Crippen molar-refractivity contribution < 1.29 is 4.39 Å². The van der Waals surface area contributed by atoms with Crippen molar-refractivity contribution in [2.24, 2.45) is 34.5 Å². The summed E-state index contributed by atoms with van der Waals surface area (Å²) < 4.78 is 13.3. The number of rotatable bonds is 1. The number of alkyl halides is 1. The molecule has 0 saturated heterocycles. The van der Waals surface area contributed by atoms with E-state index >= 15 is 0 Å². The van der Waals surface area contributed by atoms with Crippen molar-refractivity contribution in [3.8, 4) is 0 Å². The molecule has 4 unspecified atom stereocenters. The van der Waals surface area contributed by atoms with Gasteiger partial charge >= 0.3 is 0 Å². The summed E-state index contributed by atoms with van der Waals surface area (Å²) in [6.07, 6.45) is 2.54. The fourth-order valence-corrected chi connectivity index (χ4v) is 4.16. The Balaban J connectivity index is 2.20. The third kappa shape index (κ3) is 1.54. The zero-order chi connectivity index (χ0) is 11.4. The van der Waals surface area contributed by atoms with E-state index in [4.69, 9.17) is 0 Å². The van der Waals surface area contributed by atoms with Gasteiger partial charge in [0.05, 0.1) is 6.67 Å². The van der Waals surface area contributed by atoms with Gasteiger partial charge in [0.2, 0.25) is 0 Å². The summed E-state index contributed by atoms with van der Waals surface area (Å²) in [6.45, 7) is 11.4. The molecule has 0 aromatic carbocycles. The monoisotopic (exact) mass is 212 g/mol. The summed E-state index contributed by atoms with van der Waals surface area (Å²) in [4.78, 5) is 0. The molecule has 2 bridgehead atoms. The molecule has 0 N–H and O–H groups in total. The average molecular weight is 212 g/mol. The van der Waals surface area contributed by atoms with Crippen LogP contribution in [0, 0.1) is 34.5 Å². The molecule has 0 radical (unpaired) electrons. The van der Waals surface area contributed by atoms with Crippen LogP contribution in [0.4, 0.5) is 4.39 Å². The quantitative estimate of drug-likeness (QED) is 0.608. The molecule has 0 nitrogen and oxygen atoms in total. The molecule has 3 saturated carbocycles. The predicted octanol–water partition coefficient (Wildman–Crippen LogP) is 4.30. The zero-order valence-corrected chi connectivity index (χ0v) is 10.8. The lowest BCUT2D eigenvalue weighted by Crippen LogP contribution is -2.58. The van der Waals surface area contributed by atoms with E-state index in [0.717, 1.165) is 5.92 Å². The van der Waals surface area contributed by atoms with Gasteiger partial charge in [-0.05, 0) is 47.3 Å². The molecule has 15 heavy (non-hydrogen) atoms. The second-order valence-electron chi connectivity index (χ2n) is 7.39. The molecule has 3 rings (SSSR count). The van der Waals surface area contributed by atoms with Gasteiger partial charge in [-0.1, -0.05) is 34.6 Å². The van der Waals surface area contributed by atoms with Crippen LogP contribution in [-0.2, 0) is 0 Å². The van der Waals surface area contributed by atoms with Crippen LogP contribution in [0.1, 0.15) is 47.5 Å². The smallest absolute Gasteiger partial charge is 0.0928 e. The van der Waals surface area contributed by atoms with Crippen LogP contribution in [0.3, 0.4) is 0 Å². The van der Waals surface area contributed by atoms with Crippen LogP contribution in [0.2, 0.25) is 0 Å². The standard InChI is InChI=1S/C14H25F/c1-13(2,3)11-6-9-7-12(10(11)8-15)14(9,4)5/h9-12H,6-8H2,1-5H3. The third-order valence-corrected chi connectivity index (χ3v) is 5.41. The molecule has 3 fully saturated rings. The first kappa shape index (κ1) is 11.4.